The van der Waals surface area contributed by atoms with E-state index in [1.807, 2.05) is 0 Å². The predicted octanol–water partition coefficient (Wildman–Crippen LogP) is 2.58. The number of carbonyl (C=O) groups excluding carboxylic acids is 1. The van der Waals surface area contributed by atoms with E-state index in [0.717, 1.165) is 0 Å². The minimum Gasteiger partial charge on any atom is -0.296 e. The lowest BCUT2D eigenvalue weighted by molar-refractivity contribution is 0.111. The summed E-state index contributed by atoms with van der Waals surface area (Å²) >= 11 is 1.53. The predicted molar refractivity (Wildman–Crippen MR) is 47.3 cm³/mol. The second-order valence-corrected chi connectivity index (χ2v) is 3.23. The van der Waals surface area contributed by atoms with Crippen LogP contribution in [0.2, 0.25) is 0 Å². The molecule has 0 aliphatic heterocycles. The Hall–Kier alpha value is -0.660. The summed E-state index contributed by atoms with van der Waals surface area (Å²) in [5.41, 5.74) is -1.02. The van der Waals surface area contributed by atoms with E-state index in [1.54, 1.807) is 0 Å². The molecule has 0 saturated heterocycles. The summed E-state index contributed by atoms with van der Waals surface area (Å²) in [6.45, 7) is 0. The quantitative estimate of drug-likeness (QED) is 0.621. The molecule has 0 amide bonds. The summed E-state index contributed by atoms with van der Waals surface area (Å²) < 4.78 is 36.9. The third-order valence-electron chi connectivity index (χ3n) is 1.29. The van der Waals surface area contributed by atoms with Crippen LogP contribution in [0.25, 0.3) is 0 Å². The van der Waals surface area contributed by atoms with Crippen molar-refractivity contribution in [2.75, 3.05) is 0 Å². The van der Waals surface area contributed by atoms with E-state index in [2.05, 4.69) is 4.98 Å². The van der Waals surface area contributed by atoms with E-state index in [4.69, 9.17) is 0 Å². The molecule has 70 valence electrons. The van der Waals surface area contributed by atoms with Gasteiger partial charge in [0.25, 0.3) is 6.43 Å². The summed E-state index contributed by atoms with van der Waals surface area (Å²) in [5, 5.41) is 0. The van der Waals surface area contributed by atoms with Crippen molar-refractivity contribution in [3.8, 4) is 0 Å². The number of hydrogen-bond donors (Lipinski definition) is 0. The molecule has 0 radical (unpaired) electrons. The summed E-state index contributed by atoms with van der Waals surface area (Å²) in [4.78, 5) is 13.6. The maximum atomic E-state index is 12.8. The van der Waals surface area contributed by atoms with Crippen molar-refractivity contribution in [3.63, 3.8) is 0 Å². The molecule has 0 bridgehead atoms. The average Bonchev–Trinajstić information content (AvgIpc) is 2.09. The first-order valence-electron chi connectivity index (χ1n) is 3.15. The highest BCUT2D eigenvalue weighted by Gasteiger charge is 2.15. The van der Waals surface area contributed by atoms with Gasteiger partial charge in [-0.2, -0.15) is 0 Å². The van der Waals surface area contributed by atoms with E-state index in [0.29, 0.717) is 6.07 Å². The fourth-order valence-electron chi connectivity index (χ4n) is 0.726. The van der Waals surface area contributed by atoms with Crippen LogP contribution < -0.4 is 0 Å². The maximum absolute atomic E-state index is 12.8. The second kappa shape index (κ2) is 4.03. The highest BCUT2D eigenvalue weighted by molar-refractivity contribution is 14.1. The molecule has 1 aromatic rings. The van der Waals surface area contributed by atoms with Crippen molar-refractivity contribution in [2.45, 2.75) is 6.43 Å². The molecule has 0 spiro atoms. The number of aromatic nitrogens is 1. The Morgan fingerprint density at radius 2 is 2.15 bits per heavy atom. The zero-order valence-electron chi connectivity index (χ0n) is 6.10. The van der Waals surface area contributed by atoms with Gasteiger partial charge >= 0.3 is 0 Å². The van der Waals surface area contributed by atoms with Gasteiger partial charge in [-0.1, -0.05) is 0 Å². The average molecular weight is 301 g/mol. The van der Waals surface area contributed by atoms with Gasteiger partial charge in [-0.3, -0.25) is 4.79 Å². The summed E-state index contributed by atoms with van der Waals surface area (Å²) in [7, 11) is 0. The van der Waals surface area contributed by atoms with Gasteiger partial charge in [0.2, 0.25) is 0 Å². The molecule has 13 heavy (non-hydrogen) atoms. The van der Waals surface area contributed by atoms with Gasteiger partial charge < -0.3 is 0 Å². The summed E-state index contributed by atoms with van der Waals surface area (Å²) in [6, 6.07) is 0.624. The Kier molecular flexibility index (Phi) is 3.23. The van der Waals surface area contributed by atoms with Crippen molar-refractivity contribution < 1.29 is 18.0 Å². The van der Waals surface area contributed by atoms with E-state index in [-0.39, 0.29) is 15.6 Å². The maximum Gasteiger partial charge on any atom is 0.280 e. The smallest absolute Gasteiger partial charge is 0.280 e. The van der Waals surface area contributed by atoms with Crippen LogP contribution in [-0.2, 0) is 0 Å². The molecular formula is C7H3F3INO. The number of hydrogen-bond acceptors (Lipinski definition) is 2. The largest absolute Gasteiger partial charge is 0.296 e. The molecular weight excluding hydrogens is 298 g/mol. The molecule has 0 atom stereocenters. The molecule has 1 aromatic heterocycles. The lowest BCUT2D eigenvalue weighted by Crippen LogP contribution is -2.01. The van der Waals surface area contributed by atoms with Crippen LogP contribution in [0.5, 0.6) is 0 Å². The Morgan fingerprint density at radius 3 is 2.62 bits per heavy atom. The summed E-state index contributed by atoms with van der Waals surface area (Å²) in [5.74, 6) is -0.854. The lowest BCUT2D eigenvalue weighted by Gasteiger charge is -2.02. The van der Waals surface area contributed by atoms with Gasteiger partial charge in [-0.15, -0.1) is 0 Å². The van der Waals surface area contributed by atoms with Crippen LogP contribution >= 0.6 is 22.6 Å². The van der Waals surface area contributed by atoms with Crippen LogP contribution in [0.1, 0.15) is 22.6 Å². The molecule has 0 N–H and O–H groups in total. The normalized spacial score (nSPS) is 10.5. The van der Waals surface area contributed by atoms with E-state index in [9.17, 15) is 18.0 Å². The molecule has 0 aromatic carbocycles. The number of alkyl halides is 2. The van der Waals surface area contributed by atoms with Crippen molar-refractivity contribution in [1.29, 1.82) is 0 Å². The van der Waals surface area contributed by atoms with Gasteiger partial charge in [0.05, 0.1) is 3.57 Å². The minimum absolute atomic E-state index is 0.0444. The molecule has 0 aliphatic carbocycles. The molecule has 2 nitrogen and oxygen atoms in total. The number of halogens is 4. The number of pyridine rings is 1. The van der Waals surface area contributed by atoms with Crippen molar-refractivity contribution in [1.82, 2.24) is 4.98 Å². The third-order valence-corrected chi connectivity index (χ3v) is 2.36. The van der Waals surface area contributed by atoms with Gasteiger partial charge in [0, 0.05) is 6.07 Å². The highest BCUT2D eigenvalue weighted by atomic mass is 127. The van der Waals surface area contributed by atoms with Crippen LogP contribution in [0.3, 0.4) is 0 Å². The third kappa shape index (κ3) is 2.17. The topological polar surface area (TPSA) is 30.0 Å². The van der Waals surface area contributed by atoms with Crippen LogP contribution in [0.15, 0.2) is 6.07 Å². The standard InChI is InChI=1S/C7H3F3INO/c8-3-1-4(7(9)10)12-5(2-13)6(3)11/h1-2,7H. The van der Waals surface area contributed by atoms with Crippen LogP contribution in [-0.4, -0.2) is 11.3 Å². The fourth-order valence-corrected chi connectivity index (χ4v) is 1.13. The second-order valence-electron chi connectivity index (χ2n) is 2.15. The Morgan fingerprint density at radius 1 is 1.54 bits per heavy atom. The van der Waals surface area contributed by atoms with E-state index < -0.39 is 17.9 Å². The molecule has 1 rings (SSSR count). The van der Waals surface area contributed by atoms with Crippen molar-refractivity contribution >= 4 is 28.9 Å². The molecule has 6 heteroatoms. The first-order valence-corrected chi connectivity index (χ1v) is 4.23. The number of nitrogens with zero attached hydrogens (tertiary/aromatic N) is 1. The van der Waals surface area contributed by atoms with E-state index >= 15 is 0 Å². The van der Waals surface area contributed by atoms with Crippen LogP contribution in [0.4, 0.5) is 13.2 Å². The minimum atomic E-state index is -2.87. The fraction of sp³-hybridized carbons (Fsp3) is 0.143. The van der Waals surface area contributed by atoms with E-state index in [1.165, 1.54) is 22.6 Å². The molecule has 0 fully saturated rings. The number of carbonyl (C=O) groups is 1. The Balaban J connectivity index is 3.30. The van der Waals surface area contributed by atoms with Crippen molar-refractivity contribution in [2.24, 2.45) is 0 Å². The van der Waals surface area contributed by atoms with Gasteiger partial charge in [0.1, 0.15) is 17.2 Å². The first-order chi connectivity index (χ1) is 6.06. The zero-order chi connectivity index (χ0) is 10.0. The Bertz CT molecular complexity index is 343. The monoisotopic (exact) mass is 301 g/mol. The SMILES string of the molecule is O=Cc1nc(C(F)F)cc(F)c1I. The molecule has 1 heterocycles. The lowest BCUT2D eigenvalue weighted by atomic mass is 10.3. The first kappa shape index (κ1) is 10.4. The summed E-state index contributed by atoms with van der Waals surface area (Å²) in [6.07, 6.45) is -2.62. The molecule has 0 unspecified atom stereocenters. The Labute approximate surface area is 85.3 Å². The molecule has 0 aliphatic rings. The van der Waals surface area contributed by atoms with Crippen molar-refractivity contribution in [3.05, 3.63) is 26.8 Å². The number of rotatable bonds is 2. The van der Waals surface area contributed by atoms with Gasteiger partial charge in [-0.05, 0) is 22.6 Å². The highest BCUT2D eigenvalue weighted by Crippen LogP contribution is 2.21. The number of aldehydes is 1. The molecule has 0 saturated carbocycles. The van der Waals surface area contributed by atoms with Crippen LogP contribution in [0, 0.1) is 9.39 Å². The zero-order valence-corrected chi connectivity index (χ0v) is 8.26. The van der Waals surface area contributed by atoms with Gasteiger partial charge in [0.15, 0.2) is 6.29 Å². The van der Waals surface area contributed by atoms with Gasteiger partial charge in [-0.25, -0.2) is 18.2 Å².